The van der Waals surface area contributed by atoms with Crippen LogP contribution in [0.5, 0.6) is 11.5 Å². The molecule has 0 amide bonds. The second kappa shape index (κ2) is 8.78. The molecule has 6 heteroatoms. The molecule has 1 aromatic rings. The van der Waals surface area contributed by atoms with Crippen molar-refractivity contribution in [3.05, 3.63) is 18.2 Å². The van der Waals surface area contributed by atoms with E-state index in [2.05, 4.69) is 15.2 Å². The number of nitrogens with one attached hydrogen (secondary N) is 1. The third-order valence-electron chi connectivity index (χ3n) is 4.42. The Hall–Kier alpha value is -1.95. The van der Waals surface area contributed by atoms with E-state index in [1.165, 1.54) is 38.8 Å². The van der Waals surface area contributed by atoms with Gasteiger partial charge in [0.1, 0.15) is 0 Å². The number of ether oxygens (including phenoxy) is 2. The fraction of sp³-hybridized carbons (Fsp3) is 0.611. The van der Waals surface area contributed by atoms with Crippen molar-refractivity contribution in [1.29, 1.82) is 0 Å². The molecule has 0 bridgehead atoms. The summed E-state index contributed by atoms with van der Waals surface area (Å²) in [5.41, 5.74) is 6.88. The molecule has 2 aliphatic rings. The molecular weight excluding hydrogens is 304 g/mol. The van der Waals surface area contributed by atoms with E-state index in [0.29, 0.717) is 19.2 Å². The first kappa shape index (κ1) is 16.9. The average molecular weight is 332 g/mol. The topological polar surface area (TPSA) is 72.1 Å². The van der Waals surface area contributed by atoms with Crippen LogP contribution in [0.3, 0.4) is 0 Å². The van der Waals surface area contributed by atoms with Gasteiger partial charge in [0, 0.05) is 24.7 Å². The summed E-state index contributed by atoms with van der Waals surface area (Å²) in [5, 5.41) is 3.14. The molecule has 1 fully saturated rings. The Bertz CT molecular complexity index is 554. The molecule has 6 nitrogen and oxygen atoms in total. The second-order valence-corrected chi connectivity index (χ2v) is 6.36. The lowest BCUT2D eigenvalue weighted by atomic mass is 10.2. The Labute approximate surface area is 144 Å². The summed E-state index contributed by atoms with van der Waals surface area (Å²) < 4.78 is 11.3. The van der Waals surface area contributed by atoms with Crippen molar-refractivity contribution in [3.8, 4) is 11.5 Å². The number of fused-ring (bicyclic) bond motifs is 1. The van der Waals surface area contributed by atoms with Crippen LogP contribution in [0.2, 0.25) is 0 Å². The second-order valence-electron chi connectivity index (χ2n) is 6.36. The largest absolute Gasteiger partial charge is 0.490 e. The Morgan fingerprint density at radius 2 is 1.79 bits per heavy atom. The zero-order chi connectivity index (χ0) is 16.6. The highest BCUT2D eigenvalue weighted by molar-refractivity contribution is 5.92. The maximum Gasteiger partial charge on any atom is 0.193 e. The van der Waals surface area contributed by atoms with Crippen molar-refractivity contribution in [2.75, 3.05) is 44.7 Å². The molecule has 2 aliphatic heterocycles. The van der Waals surface area contributed by atoms with Gasteiger partial charge < -0.3 is 25.4 Å². The molecule has 24 heavy (non-hydrogen) atoms. The van der Waals surface area contributed by atoms with Crippen LogP contribution < -0.4 is 20.5 Å². The molecule has 0 saturated carbocycles. The third kappa shape index (κ3) is 5.03. The van der Waals surface area contributed by atoms with Gasteiger partial charge in [-0.05, 0) is 38.1 Å². The van der Waals surface area contributed by atoms with E-state index >= 15 is 0 Å². The van der Waals surface area contributed by atoms with Crippen LogP contribution in [0.25, 0.3) is 0 Å². The van der Waals surface area contributed by atoms with Crippen LogP contribution in [0.4, 0.5) is 5.69 Å². The zero-order valence-corrected chi connectivity index (χ0v) is 14.3. The number of aliphatic imine (C=N–C) groups is 1. The number of likely N-dealkylation sites (tertiary alicyclic amines) is 1. The Balaban J connectivity index is 1.50. The molecule has 132 valence electrons. The molecule has 3 rings (SSSR count). The quantitative estimate of drug-likeness (QED) is 0.654. The first-order chi connectivity index (χ1) is 11.8. The first-order valence-electron chi connectivity index (χ1n) is 9.00. The highest BCUT2D eigenvalue weighted by Crippen LogP contribution is 2.32. The minimum absolute atomic E-state index is 0.444. The molecule has 1 aromatic carbocycles. The van der Waals surface area contributed by atoms with E-state index in [4.69, 9.17) is 15.2 Å². The van der Waals surface area contributed by atoms with Crippen LogP contribution in [0.15, 0.2) is 23.2 Å². The van der Waals surface area contributed by atoms with E-state index in [-0.39, 0.29) is 0 Å². The summed E-state index contributed by atoms with van der Waals surface area (Å²) in [4.78, 5) is 6.93. The van der Waals surface area contributed by atoms with Crippen molar-refractivity contribution in [1.82, 2.24) is 4.90 Å². The minimum atomic E-state index is 0.444. The minimum Gasteiger partial charge on any atom is -0.490 e. The molecule has 0 radical (unpaired) electrons. The van der Waals surface area contributed by atoms with Crippen molar-refractivity contribution in [2.45, 2.75) is 32.1 Å². The number of guanidine groups is 1. The lowest BCUT2D eigenvalue weighted by molar-refractivity contribution is 0.293. The number of benzene rings is 1. The van der Waals surface area contributed by atoms with Gasteiger partial charge in [0.25, 0.3) is 0 Å². The van der Waals surface area contributed by atoms with Gasteiger partial charge in [-0.15, -0.1) is 0 Å². The Morgan fingerprint density at radius 3 is 2.58 bits per heavy atom. The third-order valence-corrected chi connectivity index (χ3v) is 4.42. The highest BCUT2D eigenvalue weighted by Gasteiger charge is 2.11. The monoisotopic (exact) mass is 332 g/mol. The predicted octanol–water partition coefficient (Wildman–Crippen LogP) is 2.45. The maximum atomic E-state index is 6.01. The number of rotatable bonds is 4. The lowest BCUT2D eigenvalue weighted by Gasteiger charge is -2.18. The first-order valence-corrected chi connectivity index (χ1v) is 9.00. The van der Waals surface area contributed by atoms with Gasteiger partial charge in [-0.3, -0.25) is 4.99 Å². The summed E-state index contributed by atoms with van der Waals surface area (Å²) in [6.45, 7) is 5.44. The van der Waals surface area contributed by atoms with Gasteiger partial charge >= 0.3 is 0 Å². The van der Waals surface area contributed by atoms with Crippen LogP contribution in [-0.4, -0.2) is 50.3 Å². The molecule has 0 aromatic heterocycles. The van der Waals surface area contributed by atoms with Crippen LogP contribution in [-0.2, 0) is 0 Å². The van der Waals surface area contributed by atoms with Gasteiger partial charge in [-0.1, -0.05) is 12.8 Å². The summed E-state index contributed by atoms with van der Waals surface area (Å²) >= 11 is 0. The number of anilines is 1. The van der Waals surface area contributed by atoms with E-state index in [1.54, 1.807) is 0 Å². The molecular formula is C18H28N4O2. The van der Waals surface area contributed by atoms with Crippen molar-refractivity contribution < 1.29 is 9.47 Å². The van der Waals surface area contributed by atoms with Crippen molar-refractivity contribution in [2.24, 2.45) is 10.7 Å². The fourth-order valence-corrected chi connectivity index (χ4v) is 3.10. The molecule has 0 aliphatic carbocycles. The molecule has 0 unspecified atom stereocenters. The normalized spacial score (nSPS) is 19.4. The number of hydrogen-bond donors (Lipinski definition) is 2. The summed E-state index contributed by atoms with van der Waals surface area (Å²) in [6.07, 6.45) is 6.21. The smallest absolute Gasteiger partial charge is 0.193 e. The van der Waals surface area contributed by atoms with E-state index in [9.17, 15) is 0 Å². The molecule has 3 N–H and O–H groups in total. The zero-order valence-electron chi connectivity index (χ0n) is 14.3. The SMILES string of the molecule is NC(=NCCN1CCCCCC1)Nc1ccc2c(c1)OCCCO2. The summed E-state index contributed by atoms with van der Waals surface area (Å²) in [5.74, 6) is 1.99. The van der Waals surface area contributed by atoms with Crippen molar-refractivity contribution >= 4 is 11.6 Å². The molecule has 1 saturated heterocycles. The Morgan fingerprint density at radius 1 is 1.04 bits per heavy atom. The van der Waals surface area contributed by atoms with E-state index < -0.39 is 0 Å². The van der Waals surface area contributed by atoms with Gasteiger partial charge in [-0.2, -0.15) is 0 Å². The van der Waals surface area contributed by atoms with E-state index in [0.717, 1.165) is 36.7 Å². The highest BCUT2D eigenvalue weighted by atomic mass is 16.5. The fourth-order valence-electron chi connectivity index (χ4n) is 3.10. The van der Waals surface area contributed by atoms with Crippen LogP contribution >= 0.6 is 0 Å². The van der Waals surface area contributed by atoms with Crippen molar-refractivity contribution in [3.63, 3.8) is 0 Å². The average Bonchev–Trinajstić information content (AvgIpc) is 2.97. The lowest BCUT2D eigenvalue weighted by Crippen LogP contribution is -2.29. The van der Waals surface area contributed by atoms with Crippen LogP contribution in [0.1, 0.15) is 32.1 Å². The number of nitrogens with two attached hydrogens (primary N) is 1. The van der Waals surface area contributed by atoms with Crippen LogP contribution in [0, 0.1) is 0 Å². The maximum absolute atomic E-state index is 6.01. The Kier molecular flexibility index (Phi) is 6.18. The molecule has 0 spiro atoms. The standard InChI is InChI=1S/C18H28N4O2/c19-18(20-8-11-22-9-3-1-2-4-10-22)21-15-6-7-16-17(14-15)24-13-5-12-23-16/h6-7,14H,1-5,8-13H2,(H3,19,20,21). The number of hydrogen-bond acceptors (Lipinski definition) is 4. The van der Waals surface area contributed by atoms with E-state index in [1.807, 2.05) is 18.2 Å². The van der Waals surface area contributed by atoms with Gasteiger partial charge in [-0.25, -0.2) is 0 Å². The molecule has 2 heterocycles. The molecule has 0 atom stereocenters. The summed E-state index contributed by atoms with van der Waals surface area (Å²) in [6, 6.07) is 5.76. The summed E-state index contributed by atoms with van der Waals surface area (Å²) in [7, 11) is 0. The van der Waals surface area contributed by atoms with Gasteiger partial charge in [0.05, 0.1) is 19.8 Å². The predicted molar refractivity (Wildman–Crippen MR) is 97.1 cm³/mol. The van der Waals surface area contributed by atoms with Gasteiger partial charge in [0.2, 0.25) is 0 Å². The van der Waals surface area contributed by atoms with Gasteiger partial charge in [0.15, 0.2) is 17.5 Å². The number of nitrogens with zero attached hydrogens (tertiary/aromatic N) is 2.